The SMILES string of the molecule is O=COC(CC(=O)O)C(=O)O. The van der Waals surface area contributed by atoms with Crippen molar-refractivity contribution in [1.82, 2.24) is 0 Å². The third-order valence-corrected chi connectivity index (χ3v) is 0.855. The van der Waals surface area contributed by atoms with Crippen LogP contribution in [-0.4, -0.2) is 34.7 Å². The molecule has 0 aliphatic carbocycles. The van der Waals surface area contributed by atoms with Crippen LogP contribution in [0.5, 0.6) is 0 Å². The van der Waals surface area contributed by atoms with Gasteiger partial charge in [-0.2, -0.15) is 0 Å². The van der Waals surface area contributed by atoms with Gasteiger partial charge in [-0.05, 0) is 0 Å². The molecule has 2 N–H and O–H groups in total. The molecule has 0 radical (unpaired) electrons. The lowest BCUT2D eigenvalue weighted by molar-refractivity contribution is -0.160. The molecule has 0 fully saturated rings. The average molecular weight is 162 g/mol. The van der Waals surface area contributed by atoms with Crippen LogP contribution in [-0.2, 0) is 19.1 Å². The van der Waals surface area contributed by atoms with E-state index in [-0.39, 0.29) is 6.47 Å². The summed E-state index contributed by atoms with van der Waals surface area (Å²) in [7, 11) is 0. The standard InChI is InChI=1S/C5H6O6/c6-2-11-3(5(9)10)1-4(7)8/h2-3H,1H2,(H,7,8)(H,9,10). The van der Waals surface area contributed by atoms with Gasteiger partial charge in [-0.3, -0.25) is 9.59 Å². The highest BCUT2D eigenvalue weighted by Crippen LogP contribution is 1.96. The molecule has 62 valence electrons. The van der Waals surface area contributed by atoms with Gasteiger partial charge in [0.15, 0.2) is 0 Å². The van der Waals surface area contributed by atoms with Gasteiger partial charge < -0.3 is 14.9 Å². The molecule has 0 spiro atoms. The third kappa shape index (κ3) is 3.90. The van der Waals surface area contributed by atoms with Gasteiger partial charge in [-0.1, -0.05) is 0 Å². The first-order valence-electron chi connectivity index (χ1n) is 2.61. The van der Waals surface area contributed by atoms with E-state index in [2.05, 4.69) is 4.74 Å². The number of carboxylic acids is 2. The van der Waals surface area contributed by atoms with E-state index in [1.165, 1.54) is 0 Å². The lowest BCUT2D eigenvalue weighted by atomic mass is 10.2. The minimum Gasteiger partial charge on any atom is -0.481 e. The van der Waals surface area contributed by atoms with Crippen molar-refractivity contribution in [3.05, 3.63) is 0 Å². The van der Waals surface area contributed by atoms with Gasteiger partial charge in [0.05, 0.1) is 6.42 Å². The van der Waals surface area contributed by atoms with E-state index < -0.39 is 24.5 Å². The van der Waals surface area contributed by atoms with Crippen LogP contribution < -0.4 is 0 Å². The number of rotatable bonds is 5. The summed E-state index contributed by atoms with van der Waals surface area (Å²) < 4.78 is 3.95. The number of hydrogen-bond donors (Lipinski definition) is 2. The highest BCUT2D eigenvalue weighted by molar-refractivity contribution is 5.80. The molecule has 0 bridgehead atoms. The van der Waals surface area contributed by atoms with Crippen LogP contribution in [0.25, 0.3) is 0 Å². The summed E-state index contributed by atoms with van der Waals surface area (Å²) in [6.45, 7) is -0.0955. The maximum atomic E-state index is 10.1. The fraction of sp³-hybridized carbons (Fsp3) is 0.400. The van der Waals surface area contributed by atoms with E-state index in [1.54, 1.807) is 0 Å². The zero-order chi connectivity index (χ0) is 8.85. The summed E-state index contributed by atoms with van der Waals surface area (Å²) in [6, 6.07) is 0. The van der Waals surface area contributed by atoms with Crippen LogP contribution in [0.15, 0.2) is 0 Å². The molecule has 0 aliphatic heterocycles. The Morgan fingerprint density at radius 3 is 2.27 bits per heavy atom. The Bertz CT molecular complexity index is 174. The summed E-state index contributed by atoms with van der Waals surface area (Å²) in [5.74, 6) is -2.81. The molecule has 0 heterocycles. The van der Waals surface area contributed by atoms with Crippen molar-refractivity contribution in [3.8, 4) is 0 Å². The zero-order valence-corrected chi connectivity index (χ0v) is 5.39. The second-order valence-electron chi connectivity index (χ2n) is 1.66. The Labute approximate surface area is 61.4 Å². The summed E-state index contributed by atoms with van der Waals surface area (Å²) in [4.78, 5) is 29.6. The number of carboxylic acid groups (broad SMARTS) is 2. The number of carbonyl (C=O) groups excluding carboxylic acids is 1. The van der Waals surface area contributed by atoms with Crippen LogP contribution in [0.1, 0.15) is 6.42 Å². The summed E-state index contributed by atoms with van der Waals surface area (Å²) in [6.07, 6.45) is -2.32. The van der Waals surface area contributed by atoms with Crippen LogP contribution in [0.2, 0.25) is 0 Å². The van der Waals surface area contributed by atoms with Crippen molar-refractivity contribution in [1.29, 1.82) is 0 Å². The first-order valence-corrected chi connectivity index (χ1v) is 2.61. The van der Waals surface area contributed by atoms with E-state index in [0.717, 1.165) is 0 Å². The Morgan fingerprint density at radius 1 is 1.45 bits per heavy atom. The Balaban J connectivity index is 3.99. The first-order chi connectivity index (χ1) is 5.07. The molecule has 6 nitrogen and oxygen atoms in total. The van der Waals surface area contributed by atoms with E-state index >= 15 is 0 Å². The summed E-state index contributed by atoms with van der Waals surface area (Å²) >= 11 is 0. The molecule has 6 heteroatoms. The van der Waals surface area contributed by atoms with Gasteiger partial charge in [0.2, 0.25) is 6.10 Å². The number of aliphatic carboxylic acids is 2. The molecule has 0 aromatic heterocycles. The molecule has 0 rings (SSSR count). The zero-order valence-electron chi connectivity index (χ0n) is 5.39. The van der Waals surface area contributed by atoms with Crippen molar-refractivity contribution in [2.24, 2.45) is 0 Å². The Kier molecular flexibility index (Phi) is 3.65. The fourth-order valence-corrected chi connectivity index (χ4v) is 0.419. The van der Waals surface area contributed by atoms with Gasteiger partial charge in [0.1, 0.15) is 0 Å². The second kappa shape index (κ2) is 4.26. The lowest BCUT2D eigenvalue weighted by Crippen LogP contribution is -2.26. The van der Waals surface area contributed by atoms with Gasteiger partial charge in [-0.15, -0.1) is 0 Å². The molecule has 0 saturated heterocycles. The monoisotopic (exact) mass is 162 g/mol. The molecular weight excluding hydrogens is 156 g/mol. The van der Waals surface area contributed by atoms with Crippen LogP contribution in [0.3, 0.4) is 0 Å². The van der Waals surface area contributed by atoms with Gasteiger partial charge in [0.25, 0.3) is 6.47 Å². The van der Waals surface area contributed by atoms with Crippen molar-refractivity contribution < 1.29 is 29.3 Å². The minimum atomic E-state index is -1.59. The van der Waals surface area contributed by atoms with Crippen LogP contribution in [0, 0.1) is 0 Å². The molecule has 0 amide bonds. The third-order valence-electron chi connectivity index (χ3n) is 0.855. The number of ether oxygens (including phenoxy) is 1. The maximum absolute atomic E-state index is 10.1. The molecule has 1 atom stereocenters. The van der Waals surface area contributed by atoms with Gasteiger partial charge in [-0.25, -0.2) is 4.79 Å². The predicted octanol–water partition coefficient (Wildman–Crippen LogP) is -0.913. The number of carbonyl (C=O) groups is 3. The van der Waals surface area contributed by atoms with E-state index in [4.69, 9.17) is 10.2 Å². The van der Waals surface area contributed by atoms with E-state index in [9.17, 15) is 14.4 Å². The van der Waals surface area contributed by atoms with Crippen molar-refractivity contribution in [3.63, 3.8) is 0 Å². The molecule has 1 unspecified atom stereocenters. The molecule has 0 aromatic rings. The minimum absolute atomic E-state index is 0.0955. The average Bonchev–Trinajstić information content (AvgIpc) is 1.86. The molecule has 0 saturated carbocycles. The van der Waals surface area contributed by atoms with E-state index in [1.807, 2.05) is 0 Å². The molecule has 11 heavy (non-hydrogen) atoms. The number of hydrogen-bond acceptors (Lipinski definition) is 4. The molecule has 0 aromatic carbocycles. The Hall–Kier alpha value is -1.59. The smallest absolute Gasteiger partial charge is 0.345 e. The highest BCUT2D eigenvalue weighted by atomic mass is 16.5. The normalized spacial score (nSPS) is 11.6. The fourth-order valence-electron chi connectivity index (χ4n) is 0.419. The molecule has 0 aliphatic rings. The summed E-state index contributed by atoms with van der Waals surface area (Å²) in [5.41, 5.74) is 0. The van der Waals surface area contributed by atoms with Crippen molar-refractivity contribution >= 4 is 18.4 Å². The highest BCUT2D eigenvalue weighted by Gasteiger charge is 2.21. The first kappa shape index (κ1) is 9.41. The van der Waals surface area contributed by atoms with Crippen molar-refractivity contribution in [2.75, 3.05) is 0 Å². The van der Waals surface area contributed by atoms with Crippen LogP contribution in [0.4, 0.5) is 0 Å². The topological polar surface area (TPSA) is 101 Å². The Morgan fingerprint density at radius 2 is 2.00 bits per heavy atom. The predicted molar refractivity (Wildman–Crippen MR) is 30.8 cm³/mol. The lowest BCUT2D eigenvalue weighted by Gasteiger charge is -2.05. The van der Waals surface area contributed by atoms with E-state index in [0.29, 0.717) is 0 Å². The van der Waals surface area contributed by atoms with Crippen molar-refractivity contribution in [2.45, 2.75) is 12.5 Å². The summed E-state index contributed by atoms with van der Waals surface area (Å²) in [5, 5.41) is 16.3. The second-order valence-corrected chi connectivity index (χ2v) is 1.66. The van der Waals surface area contributed by atoms with Gasteiger partial charge >= 0.3 is 11.9 Å². The molecular formula is C5H6O6. The maximum Gasteiger partial charge on any atom is 0.345 e. The largest absolute Gasteiger partial charge is 0.481 e. The quantitative estimate of drug-likeness (QED) is 0.507. The van der Waals surface area contributed by atoms with Gasteiger partial charge in [0, 0.05) is 0 Å². The van der Waals surface area contributed by atoms with Crippen LogP contribution >= 0.6 is 0 Å².